The van der Waals surface area contributed by atoms with Gasteiger partial charge in [0.05, 0.1) is 17.8 Å². The average molecular weight is 255 g/mol. The van der Waals surface area contributed by atoms with E-state index in [0.717, 1.165) is 31.2 Å². The van der Waals surface area contributed by atoms with Crippen molar-refractivity contribution >= 4 is 10.9 Å². The molecule has 19 heavy (non-hydrogen) atoms. The summed E-state index contributed by atoms with van der Waals surface area (Å²) in [5, 5.41) is 9.58. The molecule has 100 valence electrons. The number of para-hydroxylation sites is 1. The summed E-state index contributed by atoms with van der Waals surface area (Å²) in [6.07, 6.45) is 3.63. The number of aromatic nitrogens is 2. The summed E-state index contributed by atoms with van der Waals surface area (Å²) in [7, 11) is 0. The van der Waals surface area contributed by atoms with E-state index in [-0.39, 0.29) is 0 Å². The number of nitrogens with zero attached hydrogens (tertiary/aromatic N) is 2. The maximum Gasteiger partial charge on any atom is 0.0841 e. The Morgan fingerprint density at radius 1 is 1.42 bits per heavy atom. The van der Waals surface area contributed by atoms with Crippen molar-refractivity contribution < 1.29 is 0 Å². The van der Waals surface area contributed by atoms with Crippen LogP contribution in [0.2, 0.25) is 0 Å². The van der Waals surface area contributed by atoms with E-state index in [2.05, 4.69) is 47.8 Å². The van der Waals surface area contributed by atoms with Crippen LogP contribution in [0.5, 0.6) is 0 Å². The van der Waals surface area contributed by atoms with Crippen LogP contribution in [0.1, 0.15) is 31.9 Å². The molecular weight excluding hydrogens is 234 g/mol. The standard InChI is InChI=1S/C16H21N3/c1-3-12(2)11-19-16-7-5-4-6-14(16)15(18-19)10-17-13-8-9-13/h4-7,13,17H,2-3,8-11H2,1H3. The molecule has 1 heterocycles. The molecule has 0 bridgehead atoms. The summed E-state index contributed by atoms with van der Waals surface area (Å²) < 4.78 is 2.09. The van der Waals surface area contributed by atoms with Crippen LogP contribution in [0.15, 0.2) is 36.4 Å². The molecule has 1 aliphatic rings. The van der Waals surface area contributed by atoms with Crippen molar-refractivity contribution in [2.24, 2.45) is 0 Å². The highest BCUT2D eigenvalue weighted by Crippen LogP contribution is 2.22. The zero-order chi connectivity index (χ0) is 13.2. The van der Waals surface area contributed by atoms with E-state index in [0.29, 0.717) is 0 Å². The van der Waals surface area contributed by atoms with Gasteiger partial charge in [-0.2, -0.15) is 5.10 Å². The minimum atomic E-state index is 0.717. The zero-order valence-electron chi connectivity index (χ0n) is 11.5. The van der Waals surface area contributed by atoms with E-state index in [9.17, 15) is 0 Å². The van der Waals surface area contributed by atoms with Gasteiger partial charge >= 0.3 is 0 Å². The van der Waals surface area contributed by atoms with Crippen LogP contribution in [-0.2, 0) is 13.1 Å². The molecule has 1 aromatic carbocycles. The maximum atomic E-state index is 4.77. The lowest BCUT2D eigenvalue weighted by Gasteiger charge is -2.04. The lowest BCUT2D eigenvalue weighted by molar-refractivity contribution is 0.632. The molecule has 1 aliphatic carbocycles. The van der Waals surface area contributed by atoms with Gasteiger partial charge in [-0.25, -0.2) is 0 Å². The molecule has 1 aromatic heterocycles. The van der Waals surface area contributed by atoms with Gasteiger partial charge in [-0.1, -0.05) is 37.3 Å². The third-order valence-corrected chi connectivity index (χ3v) is 3.74. The average Bonchev–Trinajstić information content (AvgIpc) is 3.20. The van der Waals surface area contributed by atoms with Crippen molar-refractivity contribution in [1.82, 2.24) is 15.1 Å². The Morgan fingerprint density at radius 2 is 2.21 bits per heavy atom. The summed E-state index contributed by atoms with van der Waals surface area (Å²) in [6, 6.07) is 9.19. The summed E-state index contributed by atoms with van der Waals surface area (Å²) in [5.74, 6) is 0. The SMILES string of the molecule is C=C(CC)Cn1nc(CNC2CC2)c2ccccc21. The van der Waals surface area contributed by atoms with Gasteiger partial charge in [0.1, 0.15) is 0 Å². The molecule has 0 spiro atoms. The molecule has 2 aromatic rings. The highest BCUT2D eigenvalue weighted by Gasteiger charge is 2.21. The smallest absolute Gasteiger partial charge is 0.0841 e. The quantitative estimate of drug-likeness (QED) is 0.803. The Kier molecular flexibility index (Phi) is 3.38. The number of nitrogens with one attached hydrogen (secondary N) is 1. The molecule has 0 saturated heterocycles. The van der Waals surface area contributed by atoms with E-state index >= 15 is 0 Å². The lowest BCUT2D eigenvalue weighted by Crippen LogP contribution is -2.16. The predicted molar refractivity (Wildman–Crippen MR) is 79.0 cm³/mol. The van der Waals surface area contributed by atoms with Gasteiger partial charge in [0.15, 0.2) is 0 Å². The Bertz CT molecular complexity index is 593. The number of hydrogen-bond donors (Lipinski definition) is 1. The monoisotopic (exact) mass is 255 g/mol. The van der Waals surface area contributed by atoms with Crippen molar-refractivity contribution in [1.29, 1.82) is 0 Å². The second kappa shape index (κ2) is 5.17. The van der Waals surface area contributed by atoms with Gasteiger partial charge in [-0.3, -0.25) is 4.68 Å². The van der Waals surface area contributed by atoms with Crippen molar-refractivity contribution in [3.63, 3.8) is 0 Å². The number of benzene rings is 1. The Labute approximate surface area is 114 Å². The van der Waals surface area contributed by atoms with Gasteiger partial charge in [0, 0.05) is 18.0 Å². The molecule has 3 nitrogen and oxygen atoms in total. The van der Waals surface area contributed by atoms with E-state index in [1.807, 2.05) is 0 Å². The second-order valence-corrected chi connectivity index (χ2v) is 5.38. The van der Waals surface area contributed by atoms with Crippen LogP contribution in [0.25, 0.3) is 10.9 Å². The first kappa shape index (κ1) is 12.4. The first-order chi connectivity index (χ1) is 9.28. The number of allylic oxidation sites excluding steroid dienone is 1. The van der Waals surface area contributed by atoms with E-state index in [1.165, 1.54) is 29.3 Å². The predicted octanol–water partition coefficient (Wildman–Crippen LogP) is 3.25. The minimum absolute atomic E-state index is 0.717. The van der Waals surface area contributed by atoms with Crippen LogP contribution < -0.4 is 5.32 Å². The molecule has 1 saturated carbocycles. The third kappa shape index (κ3) is 2.71. The van der Waals surface area contributed by atoms with Crippen molar-refractivity contribution in [2.45, 2.75) is 45.3 Å². The van der Waals surface area contributed by atoms with Gasteiger partial charge in [-0.15, -0.1) is 0 Å². The van der Waals surface area contributed by atoms with Crippen LogP contribution in [0.4, 0.5) is 0 Å². The third-order valence-electron chi connectivity index (χ3n) is 3.74. The fourth-order valence-corrected chi connectivity index (χ4v) is 2.30. The normalized spacial score (nSPS) is 15.0. The van der Waals surface area contributed by atoms with E-state index in [1.54, 1.807) is 0 Å². The van der Waals surface area contributed by atoms with Crippen LogP contribution in [0, 0.1) is 0 Å². The van der Waals surface area contributed by atoms with Crippen LogP contribution in [0.3, 0.4) is 0 Å². The molecule has 3 heteroatoms. The molecule has 0 unspecified atom stereocenters. The van der Waals surface area contributed by atoms with Crippen LogP contribution >= 0.6 is 0 Å². The zero-order valence-corrected chi connectivity index (χ0v) is 11.5. The van der Waals surface area contributed by atoms with Crippen molar-refractivity contribution in [2.75, 3.05) is 0 Å². The van der Waals surface area contributed by atoms with Crippen molar-refractivity contribution in [3.05, 3.63) is 42.1 Å². The molecule has 0 aliphatic heterocycles. The molecule has 3 rings (SSSR count). The molecule has 1 N–H and O–H groups in total. The van der Waals surface area contributed by atoms with E-state index in [4.69, 9.17) is 5.10 Å². The molecule has 0 radical (unpaired) electrons. The topological polar surface area (TPSA) is 29.9 Å². The fourth-order valence-electron chi connectivity index (χ4n) is 2.30. The first-order valence-corrected chi connectivity index (χ1v) is 7.12. The summed E-state index contributed by atoms with van der Waals surface area (Å²) in [4.78, 5) is 0. The maximum absolute atomic E-state index is 4.77. The van der Waals surface area contributed by atoms with Crippen LogP contribution in [-0.4, -0.2) is 15.8 Å². The molecular formula is C16H21N3. The molecule has 1 fully saturated rings. The van der Waals surface area contributed by atoms with Gasteiger partial charge in [0.2, 0.25) is 0 Å². The molecule has 0 atom stereocenters. The first-order valence-electron chi connectivity index (χ1n) is 7.12. The van der Waals surface area contributed by atoms with E-state index < -0.39 is 0 Å². The lowest BCUT2D eigenvalue weighted by atomic mass is 10.2. The highest BCUT2D eigenvalue weighted by molar-refractivity contribution is 5.82. The second-order valence-electron chi connectivity index (χ2n) is 5.38. The Balaban J connectivity index is 1.90. The van der Waals surface area contributed by atoms with Gasteiger partial charge < -0.3 is 5.32 Å². The number of fused-ring (bicyclic) bond motifs is 1. The summed E-state index contributed by atoms with van der Waals surface area (Å²) in [5.41, 5.74) is 3.59. The Hall–Kier alpha value is -1.61. The van der Waals surface area contributed by atoms with Gasteiger partial charge in [0.25, 0.3) is 0 Å². The van der Waals surface area contributed by atoms with Crippen molar-refractivity contribution in [3.8, 4) is 0 Å². The number of rotatable bonds is 6. The summed E-state index contributed by atoms with van der Waals surface area (Å²) >= 11 is 0. The largest absolute Gasteiger partial charge is 0.308 e. The number of hydrogen-bond acceptors (Lipinski definition) is 2. The minimum Gasteiger partial charge on any atom is -0.308 e. The fraction of sp³-hybridized carbons (Fsp3) is 0.438. The molecule has 0 amide bonds. The van der Waals surface area contributed by atoms with Gasteiger partial charge in [-0.05, 0) is 25.3 Å². The Morgan fingerprint density at radius 3 is 2.95 bits per heavy atom. The highest BCUT2D eigenvalue weighted by atomic mass is 15.3. The summed E-state index contributed by atoms with van der Waals surface area (Å²) in [6.45, 7) is 7.93.